The number of amides is 1. The molecule has 0 bridgehead atoms. The number of carbonyl (C=O) groups excluding carboxylic acids is 1. The minimum absolute atomic E-state index is 0.215. The van der Waals surface area contributed by atoms with Crippen LogP contribution in [-0.2, 0) is 6.42 Å². The summed E-state index contributed by atoms with van der Waals surface area (Å²) in [7, 11) is 0. The third-order valence-electron chi connectivity index (χ3n) is 4.93. The molecule has 3 aromatic rings. The van der Waals surface area contributed by atoms with Crippen LogP contribution in [0.25, 0.3) is 4.91 Å². The van der Waals surface area contributed by atoms with Gasteiger partial charge in [-0.15, -0.1) is 0 Å². The normalized spacial score (nSPS) is 13.1. The Labute approximate surface area is 201 Å². The van der Waals surface area contributed by atoms with Gasteiger partial charge in [-0.25, -0.2) is 0 Å². The second-order valence-electron chi connectivity index (χ2n) is 7.12. The molecule has 0 aromatic heterocycles. The summed E-state index contributed by atoms with van der Waals surface area (Å²) >= 11 is 14.1. The van der Waals surface area contributed by atoms with E-state index >= 15 is 0 Å². The number of thioether (sulfide) groups is 1. The molecule has 0 atom stereocenters. The molecule has 3 aromatic carbocycles. The van der Waals surface area contributed by atoms with E-state index in [1.165, 1.54) is 0 Å². The van der Waals surface area contributed by atoms with Crippen molar-refractivity contribution >= 4 is 51.5 Å². The molecule has 32 heavy (non-hydrogen) atoms. The summed E-state index contributed by atoms with van der Waals surface area (Å²) in [6, 6.07) is 20.0. The lowest BCUT2D eigenvalue weighted by Gasteiger charge is -2.22. The van der Waals surface area contributed by atoms with Crippen molar-refractivity contribution in [1.82, 2.24) is 5.32 Å². The fraction of sp³-hybridized carbons (Fsp3) is 0.0800. The summed E-state index contributed by atoms with van der Waals surface area (Å²) < 4.78 is 0. The maximum absolute atomic E-state index is 12.8. The number of carbonyl (C=O) groups is 1. The van der Waals surface area contributed by atoms with Crippen LogP contribution < -0.4 is 10.2 Å². The zero-order valence-electron chi connectivity index (χ0n) is 17.0. The van der Waals surface area contributed by atoms with Gasteiger partial charge >= 0.3 is 0 Å². The molecule has 7 heteroatoms. The zero-order chi connectivity index (χ0) is 22.5. The average Bonchev–Trinajstić information content (AvgIpc) is 2.80. The molecule has 1 aliphatic rings. The molecule has 0 unspecified atom stereocenters. The molecule has 4 rings (SSSR count). The van der Waals surface area contributed by atoms with E-state index in [-0.39, 0.29) is 11.7 Å². The molecule has 162 valence electrons. The van der Waals surface area contributed by atoms with Gasteiger partial charge in [-0.1, -0.05) is 65.3 Å². The number of benzene rings is 3. The van der Waals surface area contributed by atoms with Crippen molar-refractivity contribution in [2.75, 3.05) is 11.4 Å². The quantitative estimate of drug-likeness (QED) is 0.410. The molecule has 0 saturated carbocycles. The highest BCUT2D eigenvalue weighted by molar-refractivity contribution is 8.11. The van der Waals surface area contributed by atoms with Crippen molar-refractivity contribution in [1.29, 1.82) is 0 Å². The number of anilines is 1. The Morgan fingerprint density at radius 1 is 1.00 bits per heavy atom. The summed E-state index contributed by atoms with van der Waals surface area (Å²) in [5, 5.41) is 15.7. The summed E-state index contributed by atoms with van der Waals surface area (Å²) in [6.07, 6.45) is 4.51. The van der Waals surface area contributed by atoms with Crippen LogP contribution in [0.5, 0.6) is 5.75 Å². The first kappa shape index (κ1) is 22.3. The van der Waals surface area contributed by atoms with Gasteiger partial charge in [-0.05, 0) is 59.4 Å². The molecule has 4 nitrogen and oxygen atoms in total. The van der Waals surface area contributed by atoms with Gasteiger partial charge in [0.15, 0.2) is 0 Å². The van der Waals surface area contributed by atoms with Crippen LogP contribution in [0.3, 0.4) is 0 Å². The average molecular weight is 483 g/mol. The Morgan fingerprint density at radius 3 is 2.66 bits per heavy atom. The van der Waals surface area contributed by atoms with Crippen molar-refractivity contribution in [3.05, 3.63) is 111 Å². The van der Waals surface area contributed by atoms with Crippen molar-refractivity contribution in [2.45, 2.75) is 6.42 Å². The van der Waals surface area contributed by atoms with E-state index in [1.54, 1.807) is 36.0 Å². The van der Waals surface area contributed by atoms with Gasteiger partial charge in [-0.2, -0.15) is 0 Å². The van der Waals surface area contributed by atoms with E-state index in [0.29, 0.717) is 28.6 Å². The molecule has 0 spiro atoms. The van der Waals surface area contributed by atoms with Crippen LogP contribution in [-0.4, -0.2) is 17.6 Å². The van der Waals surface area contributed by atoms with Gasteiger partial charge in [0.1, 0.15) is 5.75 Å². The third-order valence-corrected chi connectivity index (χ3v) is 6.49. The Morgan fingerprint density at radius 2 is 1.84 bits per heavy atom. The summed E-state index contributed by atoms with van der Waals surface area (Å²) in [5.74, 6) is -0.0243. The van der Waals surface area contributed by atoms with E-state index in [1.807, 2.05) is 65.2 Å². The van der Waals surface area contributed by atoms with Gasteiger partial charge in [-0.3, -0.25) is 4.79 Å². The van der Waals surface area contributed by atoms with Gasteiger partial charge < -0.3 is 15.3 Å². The van der Waals surface area contributed by atoms with Crippen LogP contribution in [0.2, 0.25) is 10.0 Å². The number of phenols is 1. The Bertz CT molecular complexity index is 1210. The third kappa shape index (κ3) is 5.30. The molecule has 0 saturated heterocycles. The van der Waals surface area contributed by atoms with Gasteiger partial charge in [0.25, 0.3) is 5.91 Å². The Kier molecular flexibility index (Phi) is 7.10. The standard InChI is InChI=1S/C25H20Cl2N2O2S/c26-22-7-2-1-4-17(22)10-11-28-25(31)21-15-19(8-9-23(21)27)29-12-13-32-24(16-29)18-5-3-6-20(30)14-18/h1-9,12-16,30H,10-11H2,(H,28,31). The number of hydrogen-bond donors (Lipinski definition) is 2. The van der Waals surface area contributed by atoms with Crippen molar-refractivity contribution in [3.8, 4) is 5.75 Å². The topological polar surface area (TPSA) is 52.6 Å². The van der Waals surface area contributed by atoms with E-state index in [0.717, 1.165) is 21.7 Å². The number of hydrogen-bond acceptors (Lipinski definition) is 4. The minimum atomic E-state index is -0.239. The summed E-state index contributed by atoms with van der Waals surface area (Å²) in [5.41, 5.74) is 3.10. The maximum atomic E-state index is 12.8. The molecule has 0 radical (unpaired) electrons. The first-order chi connectivity index (χ1) is 15.5. The van der Waals surface area contributed by atoms with Crippen molar-refractivity contribution in [2.24, 2.45) is 0 Å². The number of nitrogens with one attached hydrogen (secondary N) is 1. The number of aromatic hydroxyl groups is 1. The van der Waals surface area contributed by atoms with Gasteiger partial charge in [0, 0.05) is 34.6 Å². The molecular weight excluding hydrogens is 463 g/mol. The lowest BCUT2D eigenvalue weighted by molar-refractivity contribution is 0.0954. The minimum Gasteiger partial charge on any atom is -0.508 e. The van der Waals surface area contributed by atoms with Crippen LogP contribution >= 0.6 is 35.0 Å². The lowest BCUT2D eigenvalue weighted by atomic mass is 10.1. The number of phenolic OH excluding ortho intramolecular Hbond substituents is 1. The van der Waals surface area contributed by atoms with Gasteiger partial charge in [0.2, 0.25) is 0 Å². The molecule has 2 N–H and O–H groups in total. The zero-order valence-corrected chi connectivity index (χ0v) is 19.3. The van der Waals surface area contributed by atoms with Gasteiger partial charge in [0.05, 0.1) is 10.6 Å². The van der Waals surface area contributed by atoms with Crippen LogP contribution in [0.15, 0.2) is 84.5 Å². The fourth-order valence-electron chi connectivity index (χ4n) is 3.29. The number of nitrogens with zero attached hydrogens (tertiary/aromatic N) is 1. The molecule has 1 heterocycles. The predicted octanol–water partition coefficient (Wildman–Crippen LogP) is 6.69. The molecule has 1 amide bonds. The van der Waals surface area contributed by atoms with Crippen LogP contribution in [0, 0.1) is 0 Å². The monoisotopic (exact) mass is 482 g/mol. The highest BCUT2D eigenvalue weighted by atomic mass is 35.5. The first-order valence-electron chi connectivity index (χ1n) is 9.95. The molecule has 0 aliphatic carbocycles. The first-order valence-corrected chi connectivity index (χ1v) is 11.6. The lowest BCUT2D eigenvalue weighted by Crippen LogP contribution is -2.26. The Hall–Kier alpha value is -2.86. The van der Waals surface area contributed by atoms with Crippen LogP contribution in [0.4, 0.5) is 5.69 Å². The van der Waals surface area contributed by atoms with E-state index in [9.17, 15) is 9.90 Å². The van der Waals surface area contributed by atoms with Crippen LogP contribution in [0.1, 0.15) is 21.5 Å². The van der Waals surface area contributed by atoms with Crippen molar-refractivity contribution < 1.29 is 9.90 Å². The maximum Gasteiger partial charge on any atom is 0.252 e. The fourth-order valence-corrected chi connectivity index (χ4v) is 4.50. The summed E-state index contributed by atoms with van der Waals surface area (Å²) in [4.78, 5) is 15.7. The molecule has 1 aliphatic heterocycles. The smallest absolute Gasteiger partial charge is 0.252 e. The molecule has 0 fully saturated rings. The van der Waals surface area contributed by atoms with E-state index in [2.05, 4.69) is 5.32 Å². The second-order valence-corrected chi connectivity index (χ2v) is 8.88. The highest BCUT2D eigenvalue weighted by Crippen LogP contribution is 2.36. The SMILES string of the molecule is O=C(NCCc1ccccc1Cl)c1cc(N2C=CSC(c3cccc(O)c3)=C2)ccc1Cl. The highest BCUT2D eigenvalue weighted by Gasteiger charge is 2.15. The largest absolute Gasteiger partial charge is 0.508 e. The summed E-state index contributed by atoms with van der Waals surface area (Å²) in [6.45, 7) is 0.449. The second kappa shape index (κ2) is 10.2. The number of halogens is 2. The van der Waals surface area contributed by atoms with Crippen molar-refractivity contribution in [3.63, 3.8) is 0 Å². The van der Waals surface area contributed by atoms with E-state index < -0.39 is 0 Å². The number of rotatable bonds is 6. The molecular formula is C25H20Cl2N2O2S. The van der Waals surface area contributed by atoms with E-state index in [4.69, 9.17) is 23.2 Å². The Balaban J connectivity index is 1.49. The predicted molar refractivity (Wildman–Crippen MR) is 134 cm³/mol.